The molecule has 8 aromatic carbocycles. The Hall–Kier alpha value is -5.48. The second-order valence-corrected chi connectivity index (χ2v) is 23.1. The molecule has 396 valence electrons. The lowest BCUT2D eigenvalue weighted by atomic mass is 9.90. The summed E-state index contributed by atoms with van der Waals surface area (Å²) >= 11 is 0. The third-order valence-corrected chi connectivity index (χ3v) is 12.9. The summed E-state index contributed by atoms with van der Waals surface area (Å²) in [6.07, 6.45) is 0. The van der Waals surface area contributed by atoms with Crippen LogP contribution in [0.1, 0.15) is 89.6 Å². The monoisotopic (exact) mass is 996 g/mol. The predicted molar refractivity (Wildman–Crippen MR) is 326 cm³/mol. The molecule has 0 aliphatic heterocycles. The zero-order chi connectivity index (χ0) is 54.2. The molecule has 0 heterocycles. The van der Waals surface area contributed by atoms with Crippen molar-refractivity contribution in [2.24, 2.45) is 0 Å². The van der Waals surface area contributed by atoms with Gasteiger partial charge in [0, 0.05) is 45.8 Å². The largest absolute Gasteiger partial charge is 0.305 e. The molecule has 8 aromatic rings. The molecule has 7 heteroatoms. The van der Waals surface area contributed by atoms with E-state index >= 15 is 0 Å². The van der Waals surface area contributed by atoms with E-state index in [2.05, 4.69) is 300 Å². The van der Waals surface area contributed by atoms with Crippen LogP contribution in [0, 0.1) is 0 Å². The van der Waals surface area contributed by atoms with Gasteiger partial charge in [0.05, 0.1) is 0 Å². The molecule has 74 heavy (non-hydrogen) atoms. The molecule has 0 saturated carbocycles. The van der Waals surface area contributed by atoms with E-state index in [-0.39, 0.29) is 0 Å². The fraction of sp³-hybridized carbons (Fsp3) is 0.403. The van der Waals surface area contributed by atoms with Gasteiger partial charge >= 0.3 is 0 Å². The van der Waals surface area contributed by atoms with Gasteiger partial charge in [-0.2, -0.15) is 0 Å². The molecule has 0 N–H and O–H groups in total. The summed E-state index contributed by atoms with van der Waals surface area (Å²) in [5.41, 5.74) is 12.6. The summed E-state index contributed by atoms with van der Waals surface area (Å²) in [6.45, 7) is 16.0. The van der Waals surface area contributed by atoms with Gasteiger partial charge in [-0.05, 0) is 234 Å². The third kappa shape index (κ3) is 18.4. The van der Waals surface area contributed by atoms with Crippen LogP contribution in [0.3, 0.4) is 0 Å². The normalized spacial score (nSPS) is 11.8. The molecule has 0 atom stereocenters. The van der Waals surface area contributed by atoms with Gasteiger partial charge in [-0.15, -0.1) is 0 Å². The fourth-order valence-corrected chi connectivity index (χ4v) is 9.94. The molecule has 0 fully saturated rings. The lowest BCUT2D eigenvalue weighted by Gasteiger charge is -2.17. The minimum absolute atomic E-state index is 0.589. The van der Waals surface area contributed by atoms with Crippen LogP contribution < -0.4 is 0 Å². The average Bonchev–Trinajstić information content (AvgIpc) is 3.30. The second kappa shape index (κ2) is 28.4. The van der Waals surface area contributed by atoms with E-state index in [1.807, 2.05) is 0 Å². The Morgan fingerprint density at radius 1 is 0.257 bits per heavy atom. The summed E-state index contributed by atoms with van der Waals surface area (Å²) in [7, 11) is 29.6. The number of benzene rings is 8. The Bertz CT molecular complexity index is 2900. The summed E-state index contributed by atoms with van der Waals surface area (Å²) in [6, 6.07) is 51.8. The highest BCUT2D eigenvalue weighted by Crippen LogP contribution is 2.31. The fourth-order valence-electron chi connectivity index (χ4n) is 9.94. The van der Waals surface area contributed by atoms with Gasteiger partial charge in [-0.3, -0.25) is 0 Å². The molecule has 0 saturated heterocycles. The molecule has 0 aromatic heterocycles. The zero-order valence-electron chi connectivity index (χ0n) is 49.0. The first-order valence-electron chi connectivity index (χ1n) is 26.7. The van der Waals surface area contributed by atoms with E-state index in [9.17, 15) is 0 Å². The summed E-state index contributed by atoms with van der Waals surface area (Å²) in [4.78, 5) is 15.5. The van der Waals surface area contributed by atoms with Crippen molar-refractivity contribution in [1.82, 2.24) is 34.3 Å². The van der Waals surface area contributed by atoms with Gasteiger partial charge < -0.3 is 34.3 Å². The van der Waals surface area contributed by atoms with Crippen LogP contribution in [0.25, 0.3) is 43.1 Å². The molecular weight excluding hydrogens is 903 g/mol. The molecule has 0 unspecified atom stereocenters. The highest BCUT2D eigenvalue weighted by Gasteiger charge is 2.11. The first-order chi connectivity index (χ1) is 35.1. The molecule has 0 bridgehead atoms. The molecule has 0 spiro atoms. The maximum absolute atomic E-state index is 2.36. The molecular formula is C67H93N7. The van der Waals surface area contributed by atoms with E-state index in [1.165, 1.54) is 93.2 Å². The molecule has 0 amide bonds. The van der Waals surface area contributed by atoms with Crippen molar-refractivity contribution in [3.8, 4) is 0 Å². The number of fused-ring (bicyclic) bond motifs is 4. The molecule has 0 aliphatic rings. The van der Waals surface area contributed by atoms with Crippen LogP contribution in [-0.4, -0.2) is 133 Å². The van der Waals surface area contributed by atoms with Crippen LogP contribution in [0.4, 0.5) is 0 Å². The van der Waals surface area contributed by atoms with Crippen molar-refractivity contribution < 1.29 is 0 Å². The Balaban J connectivity index is 0.000000184. The Morgan fingerprint density at radius 2 is 0.581 bits per heavy atom. The van der Waals surface area contributed by atoms with E-state index in [0.29, 0.717) is 11.8 Å². The quantitative estimate of drug-likeness (QED) is 0.0950. The van der Waals surface area contributed by atoms with Gasteiger partial charge in [0.2, 0.25) is 0 Å². The minimum atomic E-state index is 0.589. The Morgan fingerprint density at radius 3 is 0.986 bits per heavy atom. The maximum Gasteiger partial charge on any atom is 0.0233 e. The summed E-state index contributed by atoms with van der Waals surface area (Å²) in [5, 5.41) is 10.9. The van der Waals surface area contributed by atoms with Gasteiger partial charge in [0.1, 0.15) is 0 Å². The topological polar surface area (TPSA) is 22.7 Å². The second-order valence-electron chi connectivity index (χ2n) is 23.1. The van der Waals surface area contributed by atoms with E-state index in [0.717, 1.165) is 45.8 Å². The van der Waals surface area contributed by atoms with Crippen molar-refractivity contribution in [2.45, 2.75) is 85.3 Å². The number of hydrogen-bond acceptors (Lipinski definition) is 7. The average molecular weight is 997 g/mol. The third-order valence-electron chi connectivity index (χ3n) is 12.9. The van der Waals surface area contributed by atoms with Crippen molar-refractivity contribution in [2.75, 3.05) is 98.7 Å². The zero-order valence-corrected chi connectivity index (χ0v) is 49.0. The smallest absolute Gasteiger partial charge is 0.0233 e. The number of nitrogens with zero attached hydrogens (tertiary/aromatic N) is 7. The van der Waals surface area contributed by atoms with E-state index < -0.39 is 0 Å². The van der Waals surface area contributed by atoms with Crippen LogP contribution >= 0.6 is 0 Å². The predicted octanol–water partition coefficient (Wildman–Crippen LogP) is 14.0. The van der Waals surface area contributed by atoms with Gasteiger partial charge in [-0.1, -0.05) is 137 Å². The van der Waals surface area contributed by atoms with Crippen molar-refractivity contribution in [3.63, 3.8) is 0 Å². The first kappa shape index (κ1) is 59.4. The molecule has 0 radical (unpaired) electrons. The molecule has 8 rings (SSSR count). The maximum atomic E-state index is 2.36. The Kier molecular flexibility index (Phi) is 22.8. The van der Waals surface area contributed by atoms with Gasteiger partial charge in [-0.25, -0.2) is 0 Å². The van der Waals surface area contributed by atoms with E-state index in [1.54, 1.807) is 0 Å². The summed E-state index contributed by atoms with van der Waals surface area (Å²) < 4.78 is 0. The van der Waals surface area contributed by atoms with Crippen LogP contribution in [-0.2, 0) is 45.8 Å². The van der Waals surface area contributed by atoms with Gasteiger partial charge in [0.15, 0.2) is 0 Å². The van der Waals surface area contributed by atoms with Crippen LogP contribution in [0.2, 0.25) is 0 Å². The van der Waals surface area contributed by atoms with Crippen LogP contribution in [0.15, 0.2) is 140 Å². The highest BCUT2D eigenvalue weighted by molar-refractivity contribution is 5.90. The van der Waals surface area contributed by atoms with Crippen LogP contribution in [0.5, 0.6) is 0 Å². The highest BCUT2D eigenvalue weighted by atomic mass is 15.1. The minimum Gasteiger partial charge on any atom is -0.305 e. The van der Waals surface area contributed by atoms with Gasteiger partial charge in [0.25, 0.3) is 0 Å². The summed E-state index contributed by atoms with van der Waals surface area (Å²) in [5.74, 6) is 1.18. The van der Waals surface area contributed by atoms with E-state index in [4.69, 9.17) is 0 Å². The first-order valence-corrected chi connectivity index (χ1v) is 26.7. The lowest BCUT2D eigenvalue weighted by Crippen LogP contribution is -2.14. The van der Waals surface area contributed by atoms with Crippen molar-refractivity contribution in [3.05, 3.63) is 190 Å². The molecule has 0 aliphatic carbocycles. The van der Waals surface area contributed by atoms with Crippen molar-refractivity contribution in [1.29, 1.82) is 0 Å². The SMILES string of the molecule is CC(C)c1cccc2c(C(C)C)cccc12.CN(C)Cc1ccc2c(CN(C)C)cc(CN(C)C)cc2c1.CN(C)Cc1ccc2c(CN(C)C)cccc2c1.CN(C)Cc1ccc2cc(CN(C)C)ccc2c1. The lowest BCUT2D eigenvalue weighted by molar-refractivity contribution is 0.397. The number of hydrogen-bond donors (Lipinski definition) is 0. The molecule has 7 nitrogen and oxygen atoms in total. The number of rotatable bonds is 16. The van der Waals surface area contributed by atoms with Crippen molar-refractivity contribution >= 4 is 43.1 Å². The standard InChI is InChI=1S/C19H29N3.2C16H22N2.C16H20/c1-20(2)12-15-7-8-19-17(9-15)10-16(13-21(3)4)11-18(19)14-22(5)6;1-17(2)11-13-5-7-16-10-14(12-18(3)4)6-8-15(16)9-13;1-17(2)11-13-8-9-16-14(10-13)6-5-7-15(16)12-18(3)4;1-11(2)13-7-5-10-16-14(12(3)4)8-6-9-15(13)16/h7-11H,12-14H2,1-6H3;2*5-10H,11-12H2,1-4H3;5-12H,1-4H3. The Labute approximate surface area is 449 Å².